The Kier molecular flexibility index (Phi) is 7.30. The number of nitrogens with one attached hydrogen (secondary N) is 1. The Bertz CT molecular complexity index is 124. The van der Waals surface area contributed by atoms with Crippen molar-refractivity contribution in [3.8, 4) is 12.3 Å². The summed E-state index contributed by atoms with van der Waals surface area (Å²) < 4.78 is 5.07. The summed E-state index contributed by atoms with van der Waals surface area (Å²) >= 11 is 0. The Labute approximate surface area is 62.3 Å². The molecule has 0 unspecified atom stereocenters. The predicted molar refractivity (Wildman–Crippen MR) is 42.2 cm³/mol. The second-order valence-electron chi connectivity index (χ2n) is 1.71. The molecule has 0 aromatic heterocycles. The van der Waals surface area contributed by atoms with Crippen LogP contribution in [-0.4, -0.2) is 13.3 Å². The van der Waals surface area contributed by atoms with Crippen molar-refractivity contribution >= 4 is 0 Å². The molecule has 2 nitrogen and oxygen atoms in total. The summed E-state index contributed by atoms with van der Waals surface area (Å²) in [6.07, 6.45) is 9.42. The highest BCUT2D eigenvalue weighted by Gasteiger charge is 1.79. The first-order valence-electron chi connectivity index (χ1n) is 3.27. The van der Waals surface area contributed by atoms with Crippen LogP contribution in [-0.2, 0) is 4.74 Å². The lowest BCUT2D eigenvalue weighted by molar-refractivity contribution is 0.131. The first-order valence-corrected chi connectivity index (χ1v) is 3.27. The highest BCUT2D eigenvalue weighted by Crippen LogP contribution is 1.76. The molecule has 0 aliphatic rings. The van der Waals surface area contributed by atoms with Gasteiger partial charge in [-0.25, -0.2) is 0 Å². The van der Waals surface area contributed by atoms with E-state index in [0.29, 0.717) is 19.8 Å². The zero-order valence-electron chi connectivity index (χ0n) is 6.26. The standard InChI is InChI=1S/C8H13NO/c1-3-5-7-10-8-9-6-4-2/h1,4,6,9H,5,7-8H2,2H3/b6-4-. The van der Waals surface area contributed by atoms with E-state index < -0.39 is 0 Å². The van der Waals surface area contributed by atoms with Gasteiger partial charge in [0.2, 0.25) is 0 Å². The number of ether oxygens (including phenoxy) is 1. The van der Waals surface area contributed by atoms with Crippen LogP contribution in [0.3, 0.4) is 0 Å². The zero-order valence-corrected chi connectivity index (χ0v) is 6.26. The van der Waals surface area contributed by atoms with Crippen LogP contribution >= 0.6 is 0 Å². The van der Waals surface area contributed by atoms with Crippen molar-refractivity contribution in [2.45, 2.75) is 13.3 Å². The maximum absolute atomic E-state index is 5.07. The molecular formula is C8H13NO. The minimum atomic E-state index is 0.534. The van der Waals surface area contributed by atoms with Gasteiger partial charge in [0.25, 0.3) is 0 Å². The Morgan fingerprint density at radius 1 is 1.70 bits per heavy atom. The van der Waals surface area contributed by atoms with Crippen molar-refractivity contribution < 1.29 is 4.74 Å². The first kappa shape index (κ1) is 9.06. The molecule has 56 valence electrons. The molecule has 0 atom stereocenters. The Hall–Kier alpha value is -0.940. The molecule has 0 heterocycles. The SMILES string of the molecule is C#CCCOCN/C=C\C. The molecule has 0 saturated carbocycles. The third kappa shape index (κ3) is 7.06. The maximum Gasteiger partial charge on any atom is 0.116 e. The Morgan fingerprint density at radius 2 is 2.50 bits per heavy atom. The third-order valence-corrected chi connectivity index (χ3v) is 0.861. The van der Waals surface area contributed by atoms with Gasteiger partial charge in [-0.3, -0.25) is 0 Å². The quantitative estimate of drug-likeness (QED) is 0.350. The van der Waals surface area contributed by atoms with Crippen LogP contribution in [0, 0.1) is 12.3 Å². The minimum absolute atomic E-state index is 0.534. The van der Waals surface area contributed by atoms with Crippen molar-refractivity contribution in [3.63, 3.8) is 0 Å². The predicted octanol–water partition coefficient (Wildman–Crippen LogP) is 1.11. The summed E-state index contributed by atoms with van der Waals surface area (Å²) in [6, 6.07) is 0. The van der Waals surface area contributed by atoms with Gasteiger partial charge in [-0.1, -0.05) is 6.08 Å². The maximum atomic E-state index is 5.07. The molecular weight excluding hydrogens is 126 g/mol. The van der Waals surface area contributed by atoms with Crippen LogP contribution in [0.15, 0.2) is 12.3 Å². The van der Waals surface area contributed by atoms with Gasteiger partial charge in [-0.05, 0) is 13.1 Å². The third-order valence-electron chi connectivity index (χ3n) is 0.861. The van der Waals surface area contributed by atoms with Gasteiger partial charge >= 0.3 is 0 Å². The molecule has 0 radical (unpaired) electrons. The smallest absolute Gasteiger partial charge is 0.116 e. The van der Waals surface area contributed by atoms with Gasteiger partial charge in [0, 0.05) is 6.42 Å². The van der Waals surface area contributed by atoms with Crippen molar-refractivity contribution in [1.82, 2.24) is 5.32 Å². The van der Waals surface area contributed by atoms with Gasteiger partial charge in [-0.15, -0.1) is 12.3 Å². The van der Waals surface area contributed by atoms with Crippen LogP contribution in [0.25, 0.3) is 0 Å². The summed E-state index contributed by atoms with van der Waals surface area (Å²) in [5.41, 5.74) is 0. The number of hydrogen-bond acceptors (Lipinski definition) is 2. The molecule has 2 heteroatoms. The van der Waals surface area contributed by atoms with Crippen LogP contribution in [0.1, 0.15) is 13.3 Å². The average molecular weight is 139 g/mol. The van der Waals surface area contributed by atoms with Crippen LogP contribution in [0.5, 0.6) is 0 Å². The van der Waals surface area contributed by atoms with E-state index in [9.17, 15) is 0 Å². The molecule has 10 heavy (non-hydrogen) atoms. The van der Waals surface area contributed by atoms with Crippen molar-refractivity contribution in [1.29, 1.82) is 0 Å². The largest absolute Gasteiger partial charge is 0.369 e. The minimum Gasteiger partial charge on any atom is -0.369 e. The van der Waals surface area contributed by atoms with E-state index in [1.807, 2.05) is 19.2 Å². The van der Waals surface area contributed by atoms with Gasteiger partial charge in [-0.2, -0.15) is 0 Å². The number of rotatable bonds is 5. The van der Waals surface area contributed by atoms with Gasteiger partial charge in [0.15, 0.2) is 0 Å². The van der Waals surface area contributed by atoms with E-state index in [4.69, 9.17) is 11.2 Å². The molecule has 0 saturated heterocycles. The van der Waals surface area contributed by atoms with Crippen LogP contribution < -0.4 is 5.32 Å². The van der Waals surface area contributed by atoms with E-state index in [0.717, 1.165) is 0 Å². The molecule has 0 rings (SSSR count). The van der Waals surface area contributed by atoms with E-state index in [-0.39, 0.29) is 0 Å². The molecule has 1 N–H and O–H groups in total. The molecule has 0 aliphatic carbocycles. The number of terminal acetylenes is 1. The first-order chi connectivity index (χ1) is 4.91. The fourth-order valence-corrected chi connectivity index (χ4v) is 0.428. The highest BCUT2D eigenvalue weighted by atomic mass is 16.5. The van der Waals surface area contributed by atoms with Gasteiger partial charge in [0.1, 0.15) is 6.73 Å². The molecule has 0 aromatic rings. The summed E-state index contributed by atoms with van der Waals surface area (Å²) in [4.78, 5) is 0. The lowest BCUT2D eigenvalue weighted by Crippen LogP contribution is -2.10. The van der Waals surface area contributed by atoms with E-state index >= 15 is 0 Å². The fourth-order valence-electron chi connectivity index (χ4n) is 0.428. The summed E-state index contributed by atoms with van der Waals surface area (Å²) in [6.45, 7) is 3.10. The van der Waals surface area contributed by atoms with Gasteiger partial charge < -0.3 is 10.1 Å². The highest BCUT2D eigenvalue weighted by molar-refractivity contribution is 4.82. The average Bonchev–Trinajstić information content (AvgIpc) is 1.97. The normalized spacial score (nSPS) is 9.60. The lowest BCUT2D eigenvalue weighted by atomic mass is 10.5. The summed E-state index contributed by atoms with van der Waals surface area (Å²) in [7, 11) is 0. The van der Waals surface area contributed by atoms with Crippen molar-refractivity contribution in [2.75, 3.05) is 13.3 Å². The lowest BCUT2D eigenvalue weighted by Gasteiger charge is -1.99. The summed E-state index contributed by atoms with van der Waals surface area (Å²) in [5, 5.41) is 2.92. The fraction of sp³-hybridized carbons (Fsp3) is 0.500. The zero-order chi connectivity index (χ0) is 7.66. The molecule has 0 bridgehead atoms. The van der Waals surface area contributed by atoms with Crippen molar-refractivity contribution in [2.24, 2.45) is 0 Å². The molecule has 0 fully saturated rings. The van der Waals surface area contributed by atoms with Crippen LogP contribution in [0.4, 0.5) is 0 Å². The second-order valence-corrected chi connectivity index (χ2v) is 1.71. The van der Waals surface area contributed by atoms with Crippen LogP contribution in [0.2, 0.25) is 0 Å². The topological polar surface area (TPSA) is 21.3 Å². The monoisotopic (exact) mass is 139 g/mol. The summed E-state index contributed by atoms with van der Waals surface area (Å²) in [5.74, 6) is 2.49. The number of allylic oxidation sites excluding steroid dienone is 1. The molecule has 0 amide bonds. The van der Waals surface area contributed by atoms with E-state index in [2.05, 4.69) is 11.2 Å². The molecule has 0 aliphatic heterocycles. The molecule has 0 spiro atoms. The number of hydrogen-bond donors (Lipinski definition) is 1. The Balaban J connectivity index is 2.85. The van der Waals surface area contributed by atoms with E-state index in [1.165, 1.54) is 0 Å². The van der Waals surface area contributed by atoms with E-state index in [1.54, 1.807) is 0 Å². The van der Waals surface area contributed by atoms with Gasteiger partial charge in [0.05, 0.1) is 6.61 Å². The Morgan fingerprint density at radius 3 is 3.10 bits per heavy atom. The molecule has 0 aromatic carbocycles. The van der Waals surface area contributed by atoms with Crippen molar-refractivity contribution in [3.05, 3.63) is 12.3 Å². The second kappa shape index (κ2) is 8.06.